The number of thioether (sulfide) groups is 1. The van der Waals surface area contributed by atoms with Crippen molar-refractivity contribution in [1.82, 2.24) is 0 Å². The number of hydrogen-bond acceptors (Lipinski definition) is 12. The summed E-state index contributed by atoms with van der Waals surface area (Å²) in [4.78, 5) is 36.2. The maximum atomic E-state index is 11.9. The summed E-state index contributed by atoms with van der Waals surface area (Å²) in [5, 5.41) is 9.98. The predicted molar refractivity (Wildman–Crippen MR) is 194 cm³/mol. The van der Waals surface area contributed by atoms with Gasteiger partial charge in [0, 0.05) is 16.0 Å². The first-order valence-corrected chi connectivity index (χ1v) is 18.6. The Morgan fingerprint density at radius 3 is 1.55 bits per heavy atom. The number of para-hydroxylation sites is 4. The number of carbonyl (C=O) groups excluding carboxylic acids is 3. The van der Waals surface area contributed by atoms with Gasteiger partial charge >= 0.3 is 17.2 Å². The molecule has 1 unspecified atom stereocenters. The molecule has 5 aromatic rings. The molecule has 0 aliphatic heterocycles. The fourth-order valence-corrected chi connectivity index (χ4v) is 7.12. The zero-order valence-corrected chi connectivity index (χ0v) is 30.0. The molecule has 0 amide bonds. The Hall–Kier alpha value is -4.96. The summed E-state index contributed by atoms with van der Waals surface area (Å²) in [6.45, 7) is -0.473. The number of aliphatic hydroxyl groups is 1. The third kappa shape index (κ3) is 9.85. The maximum absolute atomic E-state index is 11.9. The molecule has 0 aliphatic rings. The average molecular weight is 747 g/mol. The molecule has 0 aliphatic carbocycles. The molecule has 5 aromatic carbocycles. The van der Waals surface area contributed by atoms with E-state index in [4.69, 9.17) is 31.9 Å². The van der Waals surface area contributed by atoms with E-state index in [1.54, 1.807) is 103 Å². The fourth-order valence-electron chi connectivity index (χ4n) is 4.46. The summed E-state index contributed by atoms with van der Waals surface area (Å²) in [7, 11) is -3.15. The lowest BCUT2D eigenvalue weighted by Gasteiger charge is -2.23. The minimum Gasteiger partial charge on any atom is -0.493 e. The van der Waals surface area contributed by atoms with Gasteiger partial charge in [0.05, 0.1) is 37.0 Å². The van der Waals surface area contributed by atoms with Gasteiger partial charge in [-0.05, 0) is 60.9 Å². The minimum absolute atomic E-state index is 0.167. The SMILES string of the molecule is COc1cc(SC)cc(COP(Oc2ccccc2C=O)Oc2ccccc2C=O)c1OP(Oc1ccccc1C=O)Oc1ccccc1CO. The number of methoxy groups -OCH3 is 1. The lowest BCUT2D eigenvalue weighted by Crippen LogP contribution is -2.08. The first-order valence-electron chi connectivity index (χ1n) is 15.2. The summed E-state index contributed by atoms with van der Waals surface area (Å²) in [5.41, 5.74) is 1.78. The lowest BCUT2D eigenvalue weighted by molar-refractivity contribution is 0.111. The van der Waals surface area contributed by atoms with Crippen LogP contribution in [0, 0.1) is 0 Å². The molecule has 1 atom stereocenters. The van der Waals surface area contributed by atoms with Crippen molar-refractivity contribution in [2.75, 3.05) is 13.4 Å². The monoisotopic (exact) mass is 746 g/mol. The number of carbonyl (C=O) groups is 3. The first-order chi connectivity index (χ1) is 25.0. The first kappa shape index (κ1) is 37.3. The van der Waals surface area contributed by atoms with Gasteiger partial charge in [-0.3, -0.25) is 18.9 Å². The maximum Gasteiger partial charge on any atom is 0.530 e. The molecule has 11 nitrogen and oxygen atoms in total. The zero-order chi connectivity index (χ0) is 36.0. The van der Waals surface area contributed by atoms with Crippen molar-refractivity contribution >= 4 is 47.8 Å². The fraction of sp³-hybridized carbons (Fsp3) is 0.108. The zero-order valence-electron chi connectivity index (χ0n) is 27.4. The largest absolute Gasteiger partial charge is 0.530 e. The van der Waals surface area contributed by atoms with E-state index in [0.717, 1.165) is 4.90 Å². The summed E-state index contributed by atoms with van der Waals surface area (Å²) in [5.74, 6) is 1.48. The number of hydrogen-bond donors (Lipinski definition) is 1. The Labute approximate surface area is 301 Å². The van der Waals surface area contributed by atoms with Gasteiger partial charge in [0.25, 0.3) is 0 Å². The van der Waals surface area contributed by atoms with E-state index < -0.39 is 17.2 Å². The van der Waals surface area contributed by atoms with E-state index in [2.05, 4.69) is 0 Å². The highest BCUT2D eigenvalue weighted by Crippen LogP contribution is 2.50. The summed E-state index contributed by atoms with van der Waals surface area (Å²) in [6, 6.07) is 30.2. The molecule has 262 valence electrons. The van der Waals surface area contributed by atoms with E-state index in [0.29, 0.717) is 41.5 Å². The second kappa shape index (κ2) is 18.9. The van der Waals surface area contributed by atoms with Crippen LogP contribution in [0.4, 0.5) is 0 Å². The van der Waals surface area contributed by atoms with Gasteiger partial charge < -0.3 is 32.5 Å². The standard InChI is InChI=1S/C37H32O11P2S/c1-42-36-20-31(51-2)19-30(25-43-49(44-32-15-7-3-11-26(32)21-38)45-33-16-8-4-12-27(33)22-39)37(36)48-50(46-34-17-9-5-13-28(34)23-40)47-35-18-10-6-14-29(35)24-41/h3-23,41H,24-25H2,1-2H3. The normalized spacial score (nSPS) is 11.3. The van der Waals surface area contributed by atoms with Crippen LogP contribution in [0.15, 0.2) is 114 Å². The molecule has 0 aromatic heterocycles. The van der Waals surface area contributed by atoms with E-state index in [-0.39, 0.29) is 52.9 Å². The molecule has 0 saturated carbocycles. The van der Waals surface area contributed by atoms with Crippen LogP contribution in [0.1, 0.15) is 42.2 Å². The Morgan fingerprint density at radius 2 is 1.06 bits per heavy atom. The predicted octanol–water partition coefficient (Wildman–Crippen LogP) is 9.01. The molecular weight excluding hydrogens is 714 g/mol. The number of ether oxygens (including phenoxy) is 1. The van der Waals surface area contributed by atoms with Crippen LogP contribution in [-0.4, -0.2) is 37.3 Å². The third-order valence-corrected chi connectivity index (χ3v) is 9.79. The van der Waals surface area contributed by atoms with Gasteiger partial charge in [-0.15, -0.1) is 11.8 Å². The Bertz CT molecular complexity index is 1900. The lowest BCUT2D eigenvalue weighted by atomic mass is 10.2. The average Bonchev–Trinajstić information content (AvgIpc) is 3.17. The molecule has 0 heterocycles. The van der Waals surface area contributed by atoms with E-state index >= 15 is 0 Å². The van der Waals surface area contributed by atoms with Crippen LogP contribution < -0.4 is 27.4 Å². The van der Waals surface area contributed by atoms with Crippen LogP contribution in [0.5, 0.6) is 34.5 Å². The molecule has 0 fully saturated rings. The molecule has 0 spiro atoms. The number of rotatable bonds is 19. The van der Waals surface area contributed by atoms with Crippen LogP contribution in [0.2, 0.25) is 0 Å². The minimum atomic E-state index is -2.35. The Balaban J connectivity index is 1.52. The molecule has 0 saturated heterocycles. The van der Waals surface area contributed by atoms with Crippen molar-refractivity contribution in [2.24, 2.45) is 0 Å². The van der Waals surface area contributed by atoms with Crippen LogP contribution in [0.3, 0.4) is 0 Å². The molecule has 1 N–H and O–H groups in total. The Morgan fingerprint density at radius 1 is 0.588 bits per heavy atom. The highest BCUT2D eigenvalue weighted by Gasteiger charge is 2.28. The third-order valence-electron chi connectivity index (χ3n) is 7.02. The molecule has 14 heteroatoms. The van der Waals surface area contributed by atoms with Crippen LogP contribution in [0.25, 0.3) is 0 Å². The summed E-state index contributed by atoms with van der Waals surface area (Å²) >= 11 is 1.45. The summed E-state index contributed by atoms with van der Waals surface area (Å²) in [6.07, 6.45) is 3.86. The van der Waals surface area contributed by atoms with Crippen molar-refractivity contribution in [1.29, 1.82) is 0 Å². The van der Waals surface area contributed by atoms with Gasteiger partial charge in [0.2, 0.25) is 0 Å². The molecule has 51 heavy (non-hydrogen) atoms. The van der Waals surface area contributed by atoms with E-state index in [1.807, 2.05) is 12.3 Å². The number of aliphatic hydroxyl groups excluding tert-OH is 1. The van der Waals surface area contributed by atoms with E-state index in [1.165, 1.54) is 18.9 Å². The summed E-state index contributed by atoms with van der Waals surface area (Å²) < 4.78 is 43.1. The van der Waals surface area contributed by atoms with Gasteiger partial charge in [-0.1, -0.05) is 54.6 Å². The van der Waals surface area contributed by atoms with E-state index in [9.17, 15) is 19.5 Å². The van der Waals surface area contributed by atoms with Crippen molar-refractivity contribution < 1.29 is 51.4 Å². The molecule has 5 rings (SSSR count). The van der Waals surface area contributed by atoms with Crippen molar-refractivity contribution in [3.63, 3.8) is 0 Å². The second-order valence-electron chi connectivity index (χ2n) is 10.2. The van der Waals surface area contributed by atoms with Crippen molar-refractivity contribution in [3.8, 4) is 34.5 Å². The van der Waals surface area contributed by atoms with Crippen LogP contribution in [-0.2, 0) is 17.7 Å². The topological polar surface area (TPSA) is 136 Å². The smallest absolute Gasteiger partial charge is 0.493 e. The molecule has 0 bridgehead atoms. The van der Waals surface area contributed by atoms with Gasteiger partial charge in [0.1, 0.15) is 23.0 Å². The van der Waals surface area contributed by atoms with Gasteiger partial charge in [-0.2, -0.15) is 0 Å². The Kier molecular flexibility index (Phi) is 13.8. The molecule has 0 radical (unpaired) electrons. The van der Waals surface area contributed by atoms with Gasteiger partial charge in [0.15, 0.2) is 30.4 Å². The second-order valence-corrected chi connectivity index (χ2v) is 13.2. The van der Waals surface area contributed by atoms with Crippen molar-refractivity contribution in [3.05, 3.63) is 137 Å². The highest BCUT2D eigenvalue weighted by molar-refractivity contribution is 7.98. The van der Waals surface area contributed by atoms with Crippen molar-refractivity contribution in [2.45, 2.75) is 18.1 Å². The van der Waals surface area contributed by atoms with Crippen LogP contribution >= 0.6 is 29.0 Å². The van der Waals surface area contributed by atoms with Gasteiger partial charge in [-0.25, -0.2) is 0 Å². The molecular formula is C37H32O11P2S. The number of benzene rings is 5. The number of aldehydes is 3. The quantitative estimate of drug-likeness (QED) is 0.0491. The highest BCUT2D eigenvalue weighted by atomic mass is 32.2.